The van der Waals surface area contributed by atoms with Crippen molar-refractivity contribution in [1.82, 2.24) is 0 Å². The summed E-state index contributed by atoms with van der Waals surface area (Å²) in [6, 6.07) is 0. The van der Waals surface area contributed by atoms with E-state index in [-0.39, 0.29) is 25.6 Å². The first kappa shape index (κ1) is 21.6. The second-order valence-electron chi connectivity index (χ2n) is 4.05. The molecule has 0 atom stereocenters. The standard InChI is InChI=1S/C10H13F9O2S/c11-7(12,1-5-22-6-4-21-3-2-20)8(13,14)9(15,16)10(17,18)19/h20H,1-6H2. The summed E-state index contributed by atoms with van der Waals surface area (Å²) in [5, 5.41) is 8.33. The van der Waals surface area contributed by atoms with E-state index in [4.69, 9.17) is 9.84 Å². The molecular formula is C10H13F9O2S. The van der Waals surface area contributed by atoms with E-state index in [0.717, 1.165) is 0 Å². The number of hydrogen-bond acceptors (Lipinski definition) is 3. The topological polar surface area (TPSA) is 29.5 Å². The molecule has 0 radical (unpaired) electrons. The predicted octanol–water partition coefficient (Wildman–Crippen LogP) is 3.59. The van der Waals surface area contributed by atoms with Crippen LogP contribution in [0.1, 0.15) is 6.42 Å². The molecule has 0 amide bonds. The van der Waals surface area contributed by atoms with Gasteiger partial charge in [-0.05, 0) is 5.75 Å². The Kier molecular flexibility index (Phi) is 7.82. The first-order valence-corrected chi connectivity index (χ1v) is 6.93. The summed E-state index contributed by atoms with van der Waals surface area (Å²) in [5.74, 6) is -19.6. The fourth-order valence-corrected chi connectivity index (χ4v) is 1.99. The second-order valence-corrected chi connectivity index (χ2v) is 5.27. The highest BCUT2D eigenvalue weighted by molar-refractivity contribution is 7.99. The lowest BCUT2D eigenvalue weighted by Crippen LogP contribution is -2.60. The third-order valence-electron chi connectivity index (χ3n) is 2.38. The lowest BCUT2D eigenvalue weighted by atomic mass is 10.0. The number of aliphatic hydroxyl groups is 1. The summed E-state index contributed by atoms with van der Waals surface area (Å²) in [4.78, 5) is 0. The Morgan fingerprint density at radius 2 is 1.32 bits per heavy atom. The van der Waals surface area contributed by atoms with Crippen molar-refractivity contribution in [2.75, 3.05) is 31.3 Å². The molecule has 0 unspecified atom stereocenters. The molecule has 134 valence electrons. The van der Waals surface area contributed by atoms with Gasteiger partial charge in [0.1, 0.15) is 0 Å². The third-order valence-corrected chi connectivity index (χ3v) is 3.33. The molecule has 0 aliphatic heterocycles. The largest absolute Gasteiger partial charge is 0.460 e. The highest BCUT2D eigenvalue weighted by Crippen LogP contribution is 2.54. The minimum Gasteiger partial charge on any atom is -0.394 e. The molecular weight excluding hydrogens is 355 g/mol. The zero-order valence-electron chi connectivity index (χ0n) is 10.9. The van der Waals surface area contributed by atoms with Gasteiger partial charge in [0.05, 0.1) is 19.8 Å². The van der Waals surface area contributed by atoms with Gasteiger partial charge in [0.15, 0.2) is 0 Å². The van der Waals surface area contributed by atoms with E-state index in [2.05, 4.69) is 0 Å². The number of alkyl halides is 9. The van der Waals surface area contributed by atoms with Crippen molar-refractivity contribution in [2.45, 2.75) is 30.4 Å². The Bertz CT molecular complexity index is 333. The maximum Gasteiger partial charge on any atom is 0.460 e. The molecule has 0 saturated carbocycles. The smallest absolute Gasteiger partial charge is 0.394 e. The molecule has 0 heterocycles. The van der Waals surface area contributed by atoms with Crippen LogP contribution in [-0.2, 0) is 4.74 Å². The maximum absolute atomic E-state index is 13.0. The normalized spacial score (nSPS) is 14.5. The average molecular weight is 368 g/mol. The van der Waals surface area contributed by atoms with Gasteiger partial charge >= 0.3 is 23.9 Å². The van der Waals surface area contributed by atoms with Crippen molar-refractivity contribution in [3.05, 3.63) is 0 Å². The Hall–Kier alpha value is -0.360. The van der Waals surface area contributed by atoms with Gasteiger partial charge in [-0.3, -0.25) is 0 Å². The molecule has 0 spiro atoms. The Morgan fingerprint density at radius 1 is 0.773 bits per heavy atom. The minimum atomic E-state index is -6.83. The van der Waals surface area contributed by atoms with Crippen LogP contribution in [0.25, 0.3) is 0 Å². The number of aliphatic hydroxyl groups excluding tert-OH is 1. The van der Waals surface area contributed by atoms with E-state index in [9.17, 15) is 39.5 Å². The lowest BCUT2D eigenvalue weighted by molar-refractivity contribution is -0.396. The molecule has 0 aromatic heterocycles. The van der Waals surface area contributed by atoms with Gasteiger partial charge in [-0.2, -0.15) is 51.3 Å². The third kappa shape index (κ3) is 5.08. The van der Waals surface area contributed by atoms with Gasteiger partial charge in [0, 0.05) is 12.2 Å². The molecule has 22 heavy (non-hydrogen) atoms. The molecule has 0 fully saturated rings. The fourth-order valence-electron chi connectivity index (χ4n) is 1.15. The molecule has 0 aromatic rings. The maximum atomic E-state index is 13.0. The van der Waals surface area contributed by atoms with Gasteiger partial charge in [-0.25, -0.2) is 0 Å². The summed E-state index contributed by atoms with van der Waals surface area (Å²) in [6.45, 7) is -0.347. The van der Waals surface area contributed by atoms with Crippen molar-refractivity contribution in [1.29, 1.82) is 0 Å². The van der Waals surface area contributed by atoms with Crippen molar-refractivity contribution >= 4 is 11.8 Å². The van der Waals surface area contributed by atoms with Crippen molar-refractivity contribution in [2.24, 2.45) is 0 Å². The van der Waals surface area contributed by atoms with Crippen LogP contribution in [-0.4, -0.2) is 60.4 Å². The first-order chi connectivity index (χ1) is 9.81. The van der Waals surface area contributed by atoms with Crippen LogP contribution >= 0.6 is 11.8 Å². The summed E-state index contributed by atoms with van der Waals surface area (Å²) in [6.07, 6.45) is -8.64. The number of rotatable bonds is 10. The zero-order valence-corrected chi connectivity index (χ0v) is 11.7. The summed E-state index contributed by atoms with van der Waals surface area (Å²) in [5.41, 5.74) is 0. The summed E-state index contributed by atoms with van der Waals surface area (Å²) < 4.78 is 117. The second kappa shape index (κ2) is 7.95. The Morgan fingerprint density at radius 3 is 1.77 bits per heavy atom. The van der Waals surface area contributed by atoms with Crippen molar-refractivity contribution < 1.29 is 49.4 Å². The number of hydrogen-bond donors (Lipinski definition) is 1. The van der Waals surface area contributed by atoms with E-state index in [0.29, 0.717) is 11.8 Å². The minimum absolute atomic E-state index is 0.0219. The molecule has 0 aliphatic carbocycles. The van der Waals surface area contributed by atoms with Crippen LogP contribution in [0.15, 0.2) is 0 Å². The molecule has 2 nitrogen and oxygen atoms in total. The van der Waals surface area contributed by atoms with E-state index >= 15 is 0 Å². The zero-order chi connectivity index (χ0) is 17.7. The molecule has 0 saturated heterocycles. The van der Waals surface area contributed by atoms with Crippen LogP contribution in [0.5, 0.6) is 0 Å². The summed E-state index contributed by atoms with van der Waals surface area (Å²) >= 11 is 0.619. The Labute approximate surface area is 124 Å². The highest BCUT2D eigenvalue weighted by Gasteiger charge is 2.81. The summed E-state index contributed by atoms with van der Waals surface area (Å²) in [7, 11) is 0. The number of thioether (sulfide) groups is 1. The SMILES string of the molecule is OCCOCCSCCC(F)(F)C(F)(F)C(F)(F)C(F)(F)F. The predicted molar refractivity (Wildman–Crippen MR) is 60.7 cm³/mol. The van der Waals surface area contributed by atoms with Gasteiger partial charge < -0.3 is 9.84 Å². The van der Waals surface area contributed by atoms with Gasteiger partial charge in [-0.1, -0.05) is 0 Å². The molecule has 0 aliphatic rings. The Balaban J connectivity index is 4.53. The van der Waals surface area contributed by atoms with E-state index < -0.39 is 36.1 Å². The van der Waals surface area contributed by atoms with Crippen LogP contribution in [0.4, 0.5) is 39.5 Å². The molecule has 0 aromatic carbocycles. The van der Waals surface area contributed by atoms with E-state index in [1.807, 2.05) is 0 Å². The first-order valence-electron chi connectivity index (χ1n) is 5.78. The fraction of sp³-hybridized carbons (Fsp3) is 1.00. The average Bonchev–Trinajstić information content (AvgIpc) is 2.35. The monoisotopic (exact) mass is 368 g/mol. The molecule has 12 heteroatoms. The van der Waals surface area contributed by atoms with Crippen molar-refractivity contribution in [3.8, 4) is 0 Å². The molecule has 0 bridgehead atoms. The van der Waals surface area contributed by atoms with Crippen LogP contribution in [0, 0.1) is 0 Å². The molecule has 1 N–H and O–H groups in total. The van der Waals surface area contributed by atoms with Crippen LogP contribution in [0.2, 0.25) is 0 Å². The van der Waals surface area contributed by atoms with Gasteiger partial charge in [0.2, 0.25) is 0 Å². The van der Waals surface area contributed by atoms with E-state index in [1.165, 1.54) is 0 Å². The van der Waals surface area contributed by atoms with Gasteiger partial charge in [-0.15, -0.1) is 0 Å². The van der Waals surface area contributed by atoms with Gasteiger partial charge in [0.25, 0.3) is 0 Å². The molecule has 0 rings (SSSR count). The van der Waals surface area contributed by atoms with E-state index in [1.54, 1.807) is 0 Å². The number of ether oxygens (including phenoxy) is 1. The lowest BCUT2D eigenvalue weighted by Gasteiger charge is -2.33. The van der Waals surface area contributed by atoms with Crippen LogP contribution in [0.3, 0.4) is 0 Å². The highest BCUT2D eigenvalue weighted by atomic mass is 32.2. The number of halogens is 9. The quantitative estimate of drug-likeness (QED) is 0.472. The van der Waals surface area contributed by atoms with Crippen LogP contribution < -0.4 is 0 Å². The van der Waals surface area contributed by atoms with Crippen molar-refractivity contribution in [3.63, 3.8) is 0 Å².